The molecule has 0 radical (unpaired) electrons. The first-order valence-electron chi connectivity index (χ1n) is 5.11. The Labute approximate surface area is 97.6 Å². The maximum absolute atomic E-state index is 11.2. The van der Waals surface area contributed by atoms with Crippen LogP contribution in [0.5, 0.6) is 5.75 Å². The van der Waals surface area contributed by atoms with Crippen LogP contribution in [0.4, 0.5) is 0 Å². The van der Waals surface area contributed by atoms with Crippen LogP contribution in [0.2, 0.25) is 0 Å². The molecule has 1 aromatic heterocycles. The van der Waals surface area contributed by atoms with Gasteiger partial charge < -0.3 is 19.9 Å². The van der Waals surface area contributed by atoms with Gasteiger partial charge in [0.15, 0.2) is 6.10 Å². The number of phenolic OH excluding ortho intramolecular Hbond substituents is 1. The molecule has 1 unspecified atom stereocenters. The Balaban J connectivity index is 2.59. The zero-order chi connectivity index (χ0) is 12.6. The van der Waals surface area contributed by atoms with E-state index in [4.69, 9.17) is 0 Å². The number of fused-ring (bicyclic) bond motifs is 1. The fourth-order valence-electron chi connectivity index (χ4n) is 1.84. The van der Waals surface area contributed by atoms with Crippen LogP contribution in [0.3, 0.4) is 0 Å². The molecule has 0 spiro atoms. The summed E-state index contributed by atoms with van der Waals surface area (Å²) in [5, 5.41) is 20.4. The molecule has 5 nitrogen and oxygen atoms in total. The van der Waals surface area contributed by atoms with Crippen molar-refractivity contribution in [3.8, 4) is 5.75 Å². The van der Waals surface area contributed by atoms with E-state index < -0.39 is 12.1 Å². The van der Waals surface area contributed by atoms with E-state index in [2.05, 4.69) is 9.72 Å². The van der Waals surface area contributed by atoms with Crippen molar-refractivity contribution >= 4 is 16.9 Å². The van der Waals surface area contributed by atoms with E-state index in [1.807, 2.05) is 6.92 Å². The Morgan fingerprint density at radius 3 is 2.82 bits per heavy atom. The third kappa shape index (κ3) is 1.74. The summed E-state index contributed by atoms with van der Waals surface area (Å²) in [4.78, 5) is 14.2. The molecule has 0 amide bonds. The molecule has 0 aliphatic heterocycles. The molecule has 1 aromatic carbocycles. The van der Waals surface area contributed by atoms with Crippen LogP contribution >= 0.6 is 0 Å². The Bertz CT molecular complexity index is 573. The molecule has 0 saturated carbocycles. The predicted molar refractivity (Wildman–Crippen MR) is 61.7 cm³/mol. The Hall–Kier alpha value is -2.01. The minimum atomic E-state index is -1.47. The van der Waals surface area contributed by atoms with Crippen molar-refractivity contribution in [1.82, 2.24) is 4.98 Å². The highest BCUT2D eigenvalue weighted by molar-refractivity contribution is 5.92. The number of phenols is 1. The lowest BCUT2D eigenvalue weighted by Gasteiger charge is -2.11. The summed E-state index contributed by atoms with van der Waals surface area (Å²) in [6.45, 7) is 1.83. The van der Waals surface area contributed by atoms with Gasteiger partial charge >= 0.3 is 5.97 Å². The number of benzene rings is 1. The Morgan fingerprint density at radius 2 is 2.18 bits per heavy atom. The van der Waals surface area contributed by atoms with E-state index in [-0.39, 0.29) is 11.3 Å². The van der Waals surface area contributed by atoms with Crippen molar-refractivity contribution < 1.29 is 19.7 Å². The molecule has 1 atom stereocenters. The summed E-state index contributed by atoms with van der Waals surface area (Å²) < 4.78 is 4.44. The summed E-state index contributed by atoms with van der Waals surface area (Å²) in [5.74, 6) is -0.896. The second kappa shape index (κ2) is 4.10. The Morgan fingerprint density at radius 1 is 1.47 bits per heavy atom. The van der Waals surface area contributed by atoms with Crippen LogP contribution in [0.1, 0.15) is 17.2 Å². The molecule has 90 valence electrons. The number of hydrogen-bond donors (Lipinski definition) is 3. The number of H-pyrrole nitrogens is 1. The van der Waals surface area contributed by atoms with E-state index >= 15 is 0 Å². The molecule has 0 aliphatic rings. The number of esters is 1. The number of carbonyl (C=O) groups excluding carboxylic acids is 1. The van der Waals surface area contributed by atoms with Gasteiger partial charge in [-0.1, -0.05) is 6.07 Å². The van der Waals surface area contributed by atoms with Gasteiger partial charge in [0, 0.05) is 22.7 Å². The smallest absolute Gasteiger partial charge is 0.339 e. The maximum atomic E-state index is 11.2. The molecule has 5 heteroatoms. The van der Waals surface area contributed by atoms with Gasteiger partial charge in [-0.2, -0.15) is 0 Å². The molecule has 2 rings (SSSR count). The SMILES string of the molecule is COC(=O)C(O)c1ccc2[nH]cc(C)c2c1O. The van der Waals surface area contributed by atoms with Gasteiger partial charge in [-0.3, -0.25) is 0 Å². The summed E-state index contributed by atoms with van der Waals surface area (Å²) >= 11 is 0. The third-order valence-electron chi connectivity index (χ3n) is 2.77. The molecule has 0 fully saturated rings. The number of aliphatic hydroxyl groups is 1. The predicted octanol–water partition coefficient (Wildman–Crippen LogP) is 1.39. The van der Waals surface area contributed by atoms with Gasteiger partial charge in [0.05, 0.1) is 7.11 Å². The van der Waals surface area contributed by atoms with Crippen molar-refractivity contribution in [3.05, 3.63) is 29.5 Å². The lowest BCUT2D eigenvalue weighted by molar-refractivity contribution is -0.150. The quantitative estimate of drug-likeness (QED) is 0.687. The molecule has 0 saturated heterocycles. The van der Waals surface area contributed by atoms with Gasteiger partial charge in [-0.15, -0.1) is 0 Å². The van der Waals surface area contributed by atoms with E-state index in [1.165, 1.54) is 13.2 Å². The molecule has 3 N–H and O–H groups in total. The maximum Gasteiger partial charge on any atom is 0.339 e. The highest BCUT2D eigenvalue weighted by Gasteiger charge is 2.23. The van der Waals surface area contributed by atoms with E-state index in [1.54, 1.807) is 12.3 Å². The number of carbonyl (C=O) groups is 1. The van der Waals surface area contributed by atoms with Crippen LogP contribution in [0.25, 0.3) is 10.9 Å². The number of aromatic hydroxyl groups is 1. The number of aliphatic hydroxyl groups excluding tert-OH is 1. The number of aryl methyl sites for hydroxylation is 1. The standard InChI is InChI=1S/C12H13NO4/c1-6-5-13-8-4-3-7(10(14)9(6)8)11(15)12(16)17-2/h3-5,11,13-15H,1-2H3. The van der Waals surface area contributed by atoms with Crippen LogP contribution in [-0.4, -0.2) is 28.3 Å². The lowest BCUT2D eigenvalue weighted by atomic mass is 10.0. The number of rotatable bonds is 2. The van der Waals surface area contributed by atoms with Crippen molar-refractivity contribution in [1.29, 1.82) is 0 Å². The molecule has 2 aromatic rings. The number of nitrogens with one attached hydrogen (secondary N) is 1. The van der Waals surface area contributed by atoms with Gasteiger partial charge in [0.25, 0.3) is 0 Å². The number of methoxy groups -OCH3 is 1. The topological polar surface area (TPSA) is 82.5 Å². The number of aromatic nitrogens is 1. The average molecular weight is 235 g/mol. The zero-order valence-corrected chi connectivity index (χ0v) is 9.52. The third-order valence-corrected chi connectivity index (χ3v) is 2.77. The van der Waals surface area contributed by atoms with Crippen LogP contribution in [0.15, 0.2) is 18.3 Å². The van der Waals surface area contributed by atoms with Crippen LogP contribution < -0.4 is 0 Å². The number of hydrogen-bond acceptors (Lipinski definition) is 4. The minimum Gasteiger partial charge on any atom is -0.507 e. The summed E-state index contributed by atoms with van der Waals surface area (Å²) in [5.41, 5.74) is 1.74. The number of ether oxygens (including phenoxy) is 1. The lowest BCUT2D eigenvalue weighted by Crippen LogP contribution is -2.13. The fourth-order valence-corrected chi connectivity index (χ4v) is 1.84. The monoisotopic (exact) mass is 235 g/mol. The van der Waals surface area contributed by atoms with E-state index in [9.17, 15) is 15.0 Å². The summed E-state index contributed by atoms with van der Waals surface area (Å²) in [6.07, 6.45) is 0.275. The van der Waals surface area contributed by atoms with E-state index in [0.29, 0.717) is 5.39 Å². The second-order valence-corrected chi connectivity index (χ2v) is 3.82. The molecule has 0 bridgehead atoms. The van der Waals surface area contributed by atoms with E-state index in [0.717, 1.165) is 11.1 Å². The summed E-state index contributed by atoms with van der Waals surface area (Å²) in [7, 11) is 1.18. The van der Waals surface area contributed by atoms with Gasteiger partial charge in [-0.25, -0.2) is 4.79 Å². The number of aromatic amines is 1. The largest absolute Gasteiger partial charge is 0.507 e. The van der Waals surface area contributed by atoms with Crippen molar-refractivity contribution in [2.24, 2.45) is 0 Å². The van der Waals surface area contributed by atoms with Gasteiger partial charge in [-0.05, 0) is 18.6 Å². The normalized spacial score (nSPS) is 12.6. The molecular weight excluding hydrogens is 222 g/mol. The molecular formula is C12H13NO4. The first kappa shape index (κ1) is 11.5. The average Bonchev–Trinajstić information content (AvgIpc) is 2.70. The highest BCUT2D eigenvalue weighted by atomic mass is 16.5. The minimum absolute atomic E-state index is 0.0980. The first-order valence-corrected chi connectivity index (χ1v) is 5.11. The Kier molecular flexibility index (Phi) is 2.77. The van der Waals surface area contributed by atoms with Gasteiger partial charge in [0.2, 0.25) is 0 Å². The molecule has 0 aliphatic carbocycles. The van der Waals surface area contributed by atoms with Crippen molar-refractivity contribution in [2.45, 2.75) is 13.0 Å². The molecule has 17 heavy (non-hydrogen) atoms. The van der Waals surface area contributed by atoms with Crippen LogP contribution in [0, 0.1) is 6.92 Å². The van der Waals surface area contributed by atoms with Crippen LogP contribution in [-0.2, 0) is 9.53 Å². The summed E-state index contributed by atoms with van der Waals surface area (Å²) in [6, 6.07) is 3.19. The zero-order valence-electron chi connectivity index (χ0n) is 9.52. The molecule has 1 heterocycles. The van der Waals surface area contributed by atoms with Crippen molar-refractivity contribution in [2.75, 3.05) is 7.11 Å². The van der Waals surface area contributed by atoms with Crippen molar-refractivity contribution in [3.63, 3.8) is 0 Å². The second-order valence-electron chi connectivity index (χ2n) is 3.82. The van der Waals surface area contributed by atoms with Gasteiger partial charge in [0.1, 0.15) is 5.75 Å². The fraction of sp³-hybridized carbons (Fsp3) is 0.250. The first-order chi connectivity index (χ1) is 8.06. The highest BCUT2D eigenvalue weighted by Crippen LogP contribution is 2.34.